The molecule has 19 heavy (non-hydrogen) atoms. The van der Waals surface area contributed by atoms with E-state index < -0.39 is 0 Å². The zero-order chi connectivity index (χ0) is 13.4. The molecule has 0 aromatic carbocycles. The van der Waals surface area contributed by atoms with Gasteiger partial charge in [-0.05, 0) is 43.6 Å². The van der Waals surface area contributed by atoms with Gasteiger partial charge in [-0.2, -0.15) is 0 Å². The van der Waals surface area contributed by atoms with Crippen LogP contribution >= 0.6 is 12.2 Å². The van der Waals surface area contributed by atoms with Crippen molar-refractivity contribution in [3.05, 3.63) is 22.6 Å². The average molecular weight is 276 g/mol. The van der Waals surface area contributed by atoms with Gasteiger partial charge in [-0.3, -0.25) is 9.36 Å². The molecule has 0 saturated carbocycles. The van der Waals surface area contributed by atoms with Gasteiger partial charge in [-0.1, -0.05) is 0 Å². The lowest BCUT2D eigenvalue weighted by Gasteiger charge is -2.15. The summed E-state index contributed by atoms with van der Waals surface area (Å²) in [6.45, 7) is 4.00. The molecule has 0 radical (unpaired) electrons. The van der Waals surface area contributed by atoms with E-state index in [-0.39, 0.29) is 12.5 Å². The summed E-state index contributed by atoms with van der Waals surface area (Å²) in [5.74, 6) is 0.123. The molecule has 0 spiro atoms. The van der Waals surface area contributed by atoms with Crippen LogP contribution in [0, 0.1) is 11.7 Å². The van der Waals surface area contributed by atoms with Gasteiger partial charge in [0, 0.05) is 19.3 Å². The van der Waals surface area contributed by atoms with Crippen molar-refractivity contribution in [3.63, 3.8) is 0 Å². The maximum absolute atomic E-state index is 12.2. The summed E-state index contributed by atoms with van der Waals surface area (Å²) >= 11 is 5.30. The lowest BCUT2D eigenvalue weighted by atomic mass is 10.3. The van der Waals surface area contributed by atoms with Crippen molar-refractivity contribution in [1.82, 2.24) is 19.4 Å². The van der Waals surface area contributed by atoms with E-state index in [1.54, 1.807) is 10.8 Å². The number of aryl methyl sites for hydroxylation is 1. The predicted octanol–water partition coefficient (Wildman–Crippen LogP) is 2.02. The van der Waals surface area contributed by atoms with E-state index in [1.807, 2.05) is 17.9 Å². The molecule has 0 aliphatic carbocycles. The molecular weight excluding hydrogens is 260 g/mol. The highest BCUT2D eigenvalue weighted by Gasteiger charge is 2.19. The third kappa shape index (κ3) is 2.16. The number of likely N-dealkylation sites (tertiary alicyclic amines) is 1. The van der Waals surface area contributed by atoms with Crippen LogP contribution in [0.15, 0.2) is 12.3 Å². The molecule has 1 saturated heterocycles. The summed E-state index contributed by atoms with van der Waals surface area (Å²) < 4.78 is 2.35. The Hall–Kier alpha value is -1.69. The standard InChI is InChI=1S/C13H16N4OS/c1-9-4-5-14-12-11(9)15-13(19)17(12)8-10(18)16-6-2-3-7-16/h4-5H,2-3,6-8H2,1H3,(H,15,19). The van der Waals surface area contributed by atoms with E-state index in [9.17, 15) is 4.79 Å². The van der Waals surface area contributed by atoms with Crippen molar-refractivity contribution in [2.45, 2.75) is 26.3 Å². The van der Waals surface area contributed by atoms with E-state index in [0.717, 1.165) is 42.7 Å². The number of nitrogens with one attached hydrogen (secondary N) is 1. The SMILES string of the molecule is Cc1ccnc2c1[nH]c(=S)n2CC(=O)N1CCCC1. The molecule has 2 aromatic heterocycles. The maximum Gasteiger partial charge on any atom is 0.242 e. The van der Waals surface area contributed by atoms with E-state index >= 15 is 0 Å². The van der Waals surface area contributed by atoms with Crippen molar-refractivity contribution < 1.29 is 4.79 Å². The number of aromatic nitrogens is 3. The number of amides is 1. The number of pyridine rings is 1. The minimum atomic E-state index is 0.123. The highest BCUT2D eigenvalue weighted by molar-refractivity contribution is 7.71. The molecule has 1 aliphatic rings. The molecule has 6 heteroatoms. The van der Waals surface area contributed by atoms with Crippen molar-refractivity contribution in [1.29, 1.82) is 0 Å². The smallest absolute Gasteiger partial charge is 0.242 e. The van der Waals surface area contributed by atoms with Gasteiger partial charge in [-0.15, -0.1) is 0 Å². The second-order valence-electron chi connectivity index (χ2n) is 4.93. The molecule has 0 bridgehead atoms. The molecule has 0 unspecified atom stereocenters. The fourth-order valence-corrected chi connectivity index (χ4v) is 2.78. The van der Waals surface area contributed by atoms with Gasteiger partial charge in [0.1, 0.15) is 6.54 Å². The van der Waals surface area contributed by atoms with Crippen LogP contribution in [0.2, 0.25) is 0 Å². The highest BCUT2D eigenvalue weighted by atomic mass is 32.1. The first kappa shape index (κ1) is 12.3. The topological polar surface area (TPSA) is 53.9 Å². The van der Waals surface area contributed by atoms with Crippen LogP contribution in [0.25, 0.3) is 11.2 Å². The molecule has 1 amide bonds. The first-order valence-electron chi connectivity index (χ1n) is 6.49. The number of H-pyrrole nitrogens is 1. The molecule has 3 heterocycles. The van der Waals surface area contributed by atoms with Gasteiger partial charge in [0.05, 0.1) is 5.52 Å². The molecule has 5 nitrogen and oxygen atoms in total. The maximum atomic E-state index is 12.2. The number of imidazole rings is 1. The molecule has 3 rings (SSSR count). The number of carbonyl (C=O) groups is 1. The van der Waals surface area contributed by atoms with Gasteiger partial charge in [0.15, 0.2) is 10.4 Å². The second kappa shape index (κ2) is 4.77. The van der Waals surface area contributed by atoms with Crippen LogP contribution < -0.4 is 0 Å². The Balaban J connectivity index is 1.96. The zero-order valence-corrected chi connectivity index (χ0v) is 11.7. The largest absolute Gasteiger partial charge is 0.341 e. The lowest BCUT2D eigenvalue weighted by Crippen LogP contribution is -2.31. The minimum absolute atomic E-state index is 0.123. The third-order valence-corrected chi connectivity index (χ3v) is 3.95. The highest BCUT2D eigenvalue weighted by Crippen LogP contribution is 2.16. The number of hydrogen-bond donors (Lipinski definition) is 1. The number of nitrogens with zero attached hydrogens (tertiary/aromatic N) is 3. The number of fused-ring (bicyclic) bond motifs is 1. The van der Waals surface area contributed by atoms with Crippen LogP contribution in [0.1, 0.15) is 18.4 Å². The summed E-state index contributed by atoms with van der Waals surface area (Å²) in [5, 5.41) is 0. The van der Waals surface area contributed by atoms with Gasteiger partial charge in [0.25, 0.3) is 0 Å². The van der Waals surface area contributed by atoms with Gasteiger partial charge >= 0.3 is 0 Å². The van der Waals surface area contributed by atoms with E-state index in [0.29, 0.717) is 4.77 Å². The molecule has 1 fully saturated rings. The fraction of sp³-hybridized carbons (Fsp3) is 0.462. The van der Waals surface area contributed by atoms with E-state index in [2.05, 4.69) is 9.97 Å². The van der Waals surface area contributed by atoms with Gasteiger partial charge in [-0.25, -0.2) is 4.98 Å². The average Bonchev–Trinajstić information content (AvgIpc) is 3.00. The Kier molecular flexibility index (Phi) is 3.10. The van der Waals surface area contributed by atoms with E-state index in [4.69, 9.17) is 12.2 Å². The van der Waals surface area contributed by atoms with E-state index in [1.165, 1.54) is 0 Å². The van der Waals surface area contributed by atoms with Crippen LogP contribution in [0.5, 0.6) is 0 Å². The number of aromatic amines is 1. The fourth-order valence-electron chi connectivity index (χ4n) is 2.52. The van der Waals surface area contributed by atoms with Crippen LogP contribution in [-0.2, 0) is 11.3 Å². The number of rotatable bonds is 2. The Labute approximate surface area is 116 Å². The minimum Gasteiger partial charge on any atom is -0.341 e. The molecule has 1 N–H and O–H groups in total. The summed E-state index contributed by atoms with van der Waals surface area (Å²) in [6.07, 6.45) is 3.95. The van der Waals surface area contributed by atoms with Gasteiger partial charge in [0.2, 0.25) is 5.91 Å². The first-order chi connectivity index (χ1) is 9.16. The van der Waals surface area contributed by atoms with Crippen molar-refractivity contribution >= 4 is 29.3 Å². The van der Waals surface area contributed by atoms with Crippen LogP contribution in [0.3, 0.4) is 0 Å². The third-order valence-electron chi connectivity index (χ3n) is 3.62. The lowest BCUT2D eigenvalue weighted by molar-refractivity contribution is -0.130. The molecular formula is C13H16N4OS. The molecule has 1 aliphatic heterocycles. The van der Waals surface area contributed by atoms with Crippen molar-refractivity contribution in [3.8, 4) is 0 Å². The molecule has 100 valence electrons. The second-order valence-corrected chi connectivity index (χ2v) is 5.32. The Morgan fingerprint density at radius 2 is 2.21 bits per heavy atom. The van der Waals surface area contributed by atoms with Crippen molar-refractivity contribution in [2.75, 3.05) is 13.1 Å². The Bertz CT molecular complexity index is 681. The number of carbonyl (C=O) groups excluding carboxylic acids is 1. The summed E-state index contributed by atoms with van der Waals surface area (Å²) in [7, 11) is 0. The quantitative estimate of drug-likeness (QED) is 0.854. The van der Waals surface area contributed by atoms with Gasteiger partial charge < -0.3 is 9.88 Å². The monoisotopic (exact) mass is 276 g/mol. The summed E-state index contributed by atoms with van der Waals surface area (Å²) in [6, 6.07) is 1.93. The first-order valence-corrected chi connectivity index (χ1v) is 6.89. The number of hydrogen-bond acceptors (Lipinski definition) is 3. The Morgan fingerprint density at radius 1 is 1.47 bits per heavy atom. The summed E-state index contributed by atoms with van der Waals surface area (Å²) in [4.78, 5) is 21.6. The van der Waals surface area contributed by atoms with Crippen LogP contribution in [-0.4, -0.2) is 38.4 Å². The predicted molar refractivity (Wildman–Crippen MR) is 75.5 cm³/mol. The zero-order valence-electron chi connectivity index (χ0n) is 10.8. The normalized spacial score (nSPS) is 15.3. The Morgan fingerprint density at radius 3 is 2.95 bits per heavy atom. The van der Waals surface area contributed by atoms with Crippen LogP contribution in [0.4, 0.5) is 0 Å². The summed E-state index contributed by atoms with van der Waals surface area (Å²) in [5.41, 5.74) is 2.77. The molecule has 0 atom stereocenters. The van der Waals surface area contributed by atoms with Crippen molar-refractivity contribution in [2.24, 2.45) is 0 Å². The molecule has 2 aromatic rings.